The monoisotopic (exact) mass is 249 g/mol. The Morgan fingerprint density at radius 3 is 2.75 bits per heavy atom. The van der Waals surface area contributed by atoms with E-state index >= 15 is 0 Å². The molecule has 0 aromatic carbocycles. The molecule has 0 atom stereocenters. The molecule has 1 aromatic rings. The molecule has 0 saturated heterocycles. The van der Waals surface area contributed by atoms with Crippen molar-refractivity contribution in [3.8, 4) is 0 Å². The number of alkyl halides is 2. The first-order valence-corrected chi connectivity index (χ1v) is 4.84. The topological polar surface area (TPSA) is 39.2 Å². The van der Waals surface area contributed by atoms with E-state index in [1.54, 1.807) is 0 Å². The van der Waals surface area contributed by atoms with Crippen molar-refractivity contribution >= 4 is 17.6 Å². The minimum Gasteiger partial charge on any atom is -0.469 e. The molecule has 0 saturated carbocycles. The van der Waals surface area contributed by atoms with E-state index in [2.05, 4.69) is 9.72 Å². The zero-order chi connectivity index (χ0) is 12.3. The smallest absolute Gasteiger partial charge is 0.309 e. The molecule has 0 bridgehead atoms. The maximum absolute atomic E-state index is 12.6. The second-order valence-corrected chi connectivity index (χ2v) is 3.56. The van der Waals surface area contributed by atoms with Gasteiger partial charge in [0.25, 0.3) is 6.43 Å². The summed E-state index contributed by atoms with van der Waals surface area (Å²) in [5, 5.41) is -0.0557. The highest BCUT2D eigenvalue weighted by Crippen LogP contribution is 2.25. The molecule has 3 nitrogen and oxygen atoms in total. The van der Waals surface area contributed by atoms with Gasteiger partial charge in [0.1, 0.15) is 10.8 Å². The summed E-state index contributed by atoms with van der Waals surface area (Å²) < 4.78 is 29.6. The molecule has 0 spiro atoms. The van der Waals surface area contributed by atoms with E-state index in [4.69, 9.17) is 11.6 Å². The van der Waals surface area contributed by atoms with Gasteiger partial charge in [0.05, 0.1) is 13.5 Å². The lowest BCUT2D eigenvalue weighted by molar-refractivity contribution is -0.139. The molecule has 88 valence electrons. The Bertz CT molecular complexity index is 410. The van der Waals surface area contributed by atoms with Crippen LogP contribution < -0.4 is 0 Å². The van der Waals surface area contributed by atoms with E-state index in [9.17, 15) is 13.6 Å². The van der Waals surface area contributed by atoms with E-state index in [0.717, 1.165) is 0 Å². The number of halogens is 3. The predicted molar refractivity (Wildman–Crippen MR) is 54.7 cm³/mol. The van der Waals surface area contributed by atoms with Gasteiger partial charge >= 0.3 is 5.97 Å². The first kappa shape index (κ1) is 12.8. The van der Waals surface area contributed by atoms with Crippen molar-refractivity contribution in [2.24, 2.45) is 0 Å². The molecule has 0 unspecified atom stereocenters. The molecule has 1 aromatic heterocycles. The van der Waals surface area contributed by atoms with Crippen molar-refractivity contribution in [2.45, 2.75) is 19.8 Å². The molecule has 16 heavy (non-hydrogen) atoms. The summed E-state index contributed by atoms with van der Waals surface area (Å²) >= 11 is 5.60. The van der Waals surface area contributed by atoms with Crippen molar-refractivity contribution in [3.63, 3.8) is 0 Å². The van der Waals surface area contributed by atoms with Crippen LogP contribution in [0, 0.1) is 6.92 Å². The lowest BCUT2D eigenvalue weighted by atomic mass is 10.1. The van der Waals surface area contributed by atoms with Gasteiger partial charge in [-0.05, 0) is 24.1 Å². The number of esters is 1. The van der Waals surface area contributed by atoms with Crippen LogP contribution in [-0.2, 0) is 16.0 Å². The van der Waals surface area contributed by atoms with E-state index in [-0.39, 0.29) is 17.1 Å². The predicted octanol–water partition coefficient (Wildman–Crippen LogP) is 2.70. The van der Waals surface area contributed by atoms with E-state index in [1.807, 2.05) is 0 Å². The maximum Gasteiger partial charge on any atom is 0.309 e. The summed E-state index contributed by atoms with van der Waals surface area (Å²) in [7, 11) is 1.23. The number of ether oxygens (including phenoxy) is 1. The SMILES string of the molecule is COC(=O)Cc1cc(Cl)nc(C(F)F)c1C. The number of carbonyl (C=O) groups is 1. The highest BCUT2D eigenvalue weighted by Gasteiger charge is 2.18. The second-order valence-electron chi connectivity index (χ2n) is 3.17. The highest BCUT2D eigenvalue weighted by atomic mass is 35.5. The molecule has 0 aliphatic heterocycles. The zero-order valence-corrected chi connectivity index (χ0v) is 9.52. The van der Waals surface area contributed by atoms with E-state index < -0.39 is 18.1 Å². The fraction of sp³-hybridized carbons (Fsp3) is 0.400. The number of hydrogen-bond acceptors (Lipinski definition) is 3. The van der Waals surface area contributed by atoms with Crippen molar-refractivity contribution in [1.29, 1.82) is 0 Å². The Balaban J connectivity index is 3.14. The van der Waals surface area contributed by atoms with E-state index in [0.29, 0.717) is 5.56 Å². The molecular weight excluding hydrogens is 240 g/mol. The quantitative estimate of drug-likeness (QED) is 0.611. The average Bonchev–Trinajstić information content (AvgIpc) is 2.22. The first-order chi connectivity index (χ1) is 7.45. The second kappa shape index (κ2) is 5.21. The molecule has 1 rings (SSSR count). The standard InChI is InChI=1S/C10H10ClF2NO2/c1-5-6(4-8(15)16-2)3-7(11)14-9(5)10(12)13/h3,10H,4H2,1-2H3. The van der Waals surface area contributed by atoms with Crippen LogP contribution in [0.15, 0.2) is 6.07 Å². The number of nitrogens with zero attached hydrogens (tertiary/aromatic N) is 1. The fourth-order valence-electron chi connectivity index (χ4n) is 1.27. The van der Waals surface area contributed by atoms with Crippen LogP contribution in [-0.4, -0.2) is 18.1 Å². The van der Waals surface area contributed by atoms with Gasteiger partial charge in [0.15, 0.2) is 0 Å². The van der Waals surface area contributed by atoms with Crippen LogP contribution in [0.4, 0.5) is 8.78 Å². The first-order valence-electron chi connectivity index (χ1n) is 4.46. The summed E-state index contributed by atoms with van der Waals surface area (Å²) in [6.07, 6.45) is -2.81. The Kier molecular flexibility index (Phi) is 4.18. The van der Waals surface area contributed by atoms with Crippen molar-refractivity contribution < 1.29 is 18.3 Å². The average molecular weight is 250 g/mol. The third-order valence-corrected chi connectivity index (χ3v) is 2.35. The van der Waals surface area contributed by atoms with E-state index in [1.165, 1.54) is 20.1 Å². The normalized spacial score (nSPS) is 10.6. The molecule has 0 fully saturated rings. The molecule has 0 amide bonds. The Hall–Kier alpha value is -1.23. The molecule has 1 heterocycles. The minimum atomic E-state index is -2.71. The van der Waals surface area contributed by atoms with Crippen molar-refractivity contribution in [2.75, 3.05) is 7.11 Å². The molecule has 0 N–H and O–H groups in total. The summed E-state index contributed by atoms with van der Waals surface area (Å²) in [5.74, 6) is -0.509. The van der Waals surface area contributed by atoms with Crippen LogP contribution >= 0.6 is 11.6 Å². The van der Waals surface area contributed by atoms with Crippen LogP contribution in [0.2, 0.25) is 5.15 Å². The van der Waals surface area contributed by atoms with Gasteiger partial charge in [-0.25, -0.2) is 13.8 Å². The minimum absolute atomic E-state index is 0.0557. The maximum atomic E-state index is 12.6. The summed E-state index contributed by atoms with van der Waals surface area (Å²) in [5.41, 5.74) is 0.276. The third kappa shape index (κ3) is 2.88. The zero-order valence-electron chi connectivity index (χ0n) is 8.76. The summed E-state index contributed by atoms with van der Waals surface area (Å²) in [6.45, 7) is 1.48. The fourth-order valence-corrected chi connectivity index (χ4v) is 1.49. The molecule has 6 heteroatoms. The van der Waals surface area contributed by atoms with Crippen LogP contribution in [0.5, 0.6) is 0 Å². The van der Waals surface area contributed by atoms with Gasteiger partial charge in [-0.3, -0.25) is 4.79 Å². The molecule has 0 aliphatic rings. The highest BCUT2D eigenvalue weighted by molar-refractivity contribution is 6.29. The Morgan fingerprint density at radius 2 is 2.25 bits per heavy atom. The number of hydrogen-bond donors (Lipinski definition) is 0. The van der Waals surface area contributed by atoms with Gasteiger partial charge in [-0.1, -0.05) is 11.6 Å². The van der Waals surface area contributed by atoms with Gasteiger partial charge in [-0.15, -0.1) is 0 Å². The van der Waals surface area contributed by atoms with Crippen LogP contribution in [0.25, 0.3) is 0 Å². The number of pyridine rings is 1. The van der Waals surface area contributed by atoms with Gasteiger partial charge in [0.2, 0.25) is 0 Å². The largest absolute Gasteiger partial charge is 0.469 e. The van der Waals surface area contributed by atoms with Gasteiger partial charge in [0, 0.05) is 0 Å². The van der Waals surface area contributed by atoms with Crippen LogP contribution in [0.3, 0.4) is 0 Å². The van der Waals surface area contributed by atoms with Crippen molar-refractivity contribution in [3.05, 3.63) is 28.0 Å². The number of aromatic nitrogens is 1. The molecule has 0 aliphatic carbocycles. The lowest BCUT2D eigenvalue weighted by Crippen LogP contribution is -2.08. The lowest BCUT2D eigenvalue weighted by Gasteiger charge is -2.09. The molecule has 0 radical (unpaired) electrons. The Labute approximate surface area is 96.4 Å². The van der Waals surface area contributed by atoms with Crippen molar-refractivity contribution in [1.82, 2.24) is 4.98 Å². The number of carbonyl (C=O) groups excluding carboxylic acids is 1. The van der Waals surface area contributed by atoms with Crippen LogP contribution in [0.1, 0.15) is 23.2 Å². The third-order valence-electron chi connectivity index (χ3n) is 2.16. The Morgan fingerprint density at radius 1 is 1.62 bits per heavy atom. The van der Waals surface area contributed by atoms with Gasteiger partial charge in [-0.2, -0.15) is 0 Å². The number of rotatable bonds is 3. The summed E-state index contributed by atoms with van der Waals surface area (Å²) in [4.78, 5) is 14.6. The van der Waals surface area contributed by atoms with Gasteiger partial charge < -0.3 is 4.74 Å². The molecular formula is C10H10ClF2NO2. The number of methoxy groups -OCH3 is 1. The summed E-state index contributed by atoms with van der Waals surface area (Å²) in [6, 6.07) is 1.39.